The molecule has 0 N–H and O–H groups in total. The van der Waals surface area contributed by atoms with Crippen LogP contribution in [0.25, 0.3) is 0 Å². The predicted octanol–water partition coefficient (Wildman–Crippen LogP) is 1.73. The van der Waals surface area contributed by atoms with E-state index in [9.17, 15) is 13.2 Å². The molecule has 1 aliphatic heterocycles. The fourth-order valence-corrected chi connectivity index (χ4v) is 4.34. The van der Waals surface area contributed by atoms with Gasteiger partial charge in [-0.05, 0) is 57.1 Å². The number of hydrogen-bond donors (Lipinski definition) is 0. The molecule has 1 saturated heterocycles. The number of likely N-dealkylation sites (tertiary alicyclic amines) is 1. The van der Waals surface area contributed by atoms with E-state index >= 15 is 0 Å². The van der Waals surface area contributed by atoms with E-state index in [2.05, 4.69) is 4.90 Å². The van der Waals surface area contributed by atoms with E-state index in [0.29, 0.717) is 12.3 Å². The predicted molar refractivity (Wildman–Crippen MR) is 98.7 cm³/mol. The summed E-state index contributed by atoms with van der Waals surface area (Å²) in [6.07, 6.45) is 3.47. The van der Waals surface area contributed by atoms with Gasteiger partial charge in [-0.2, -0.15) is 4.31 Å². The molecule has 0 bridgehead atoms. The van der Waals surface area contributed by atoms with Gasteiger partial charge in [0.25, 0.3) is 0 Å². The molecule has 0 spiro atoms. The summed E-state index contributed by atoms with van der Waals surface area (Å²) in [6, 6.07) is 6.18. The van der Waals surface area contributed by atoms with Crippen molar-refractivity contribution in [2.75, 3.05) is 46.4 Å². The molecule has 0 radical (unpaired) electrons. The first-order valence-electron chi connectivity index (χ1n) is 8.99. The third kappa shape index (κ3) is 5.69. The van der Waals surface area contributed by atoms with Crippen molar-refractivity contribution in [1.29, 1.82) is 0 Å². The van der Waals surface area contributed by atoms with Gasteiger partial charge in [-0.15, -0.1) is 0 Å². The SMILES string of the molecule is CCOC(=O)CN(CCN1CCCCC1)S(=O)(=O)c1ccc(OC)cc1. The lowest BCUT2D eigenvalue weighted by Gasteiger charge is -2.29. The van der Waals surface area contributed by atoms with Crippen LogP contribution in [0, 0.1) is 0 Å². The van der Waals surface area contributed by atoms with Gasteiger partial charge in [-0.1, -0.05) is 6.42 Å². The summed E-state index contributed by atoms with van der Waals surface area (Å²) in [6.45, 7) is 4.44. The number of rotatable bonds is 9. The van der Waals surface area contributed by atoms with Gasteiger partial charge in [-0.3, -0.25) is 4.79 Å². The van der Waals surface area contributed by atoms with Gasteiger partial charge in [0.1, 0.15) is 12.3 Å². The summed E-state index contributed by atoms with van der Waals surface area (Å²) in [5, 5.41) is 0. The van der Waals surface area contributed by atoms with Crippen LogP contribution in [0.1, 0.15) is 26.2 Å². The molecule has 0 saturated carbocycles. The smallest absolute Gasteiger partial charge is 0.321 e. The summed E-state index contributed by atoms with van der Waals surface area (Å²) < 4.78 is 37.2. The van der Waals surface area contributed by atoms with Crippen molar-refractivity contribution in [3.63, 3.8) is 0 Å². The Balaban J connectivity index is 2.14. The van der Waals surface area contributed by atoms with E-state index in [1.165, 1.54) is 30.0 Å². The fourth-order valence-electron chi connectivity index (χ4n) is 2.97. The Kier molecular flexibility index (Phi) is 7.86. The average molecular weight is 384 g/mol. The van der Waals surface area contributed by atoms with Crippen LogP contribution in [-0.2, 0) is 19.6 Å². The summed E-state index contributed by atoms with van der Waals surface area (Å²) in [4.78, 5) is 14.3. The summed E-state index contributed by atoms with van der Waals surface area (Å²) in [5.74, 6) is 0.0393. The molecule has 2 rings (SSSR count). The molecule has 8 heteroatoms. The monoisotopic (exact) mass is 384 g/mol. The first-order valence-corrected chi connectivity index (χ1v) is 10.4. The Morgan fingerprint density at radius 2 is 1.81 bits per heavy atom. The number of carbonyl (C=O) groups is 1. The second-order valence-corrected chi connectivity index (χ2v) is 8.16. The van der Waals surface area contributed by atoms with Crippen LogP contribution in [-0.4, -0.2) is 70.0 Å². The van der Waals surface area contributed by atoms with E-state index in [0.717, 1.165) is 25.9 Å². The average Bonchev–Trinajstić information content (AvgIpc) is 2.66. The summed E-state index contributed by atoms with van der Waals surface area (Å²) in [7, 11) is -2.27. The highest BCUT2D eigenvalue weighted by molar-refractivity contribution is 7.89. The number of nitrogens with zero attached hydrogens (tertiary/aromatic N) is 2. The van der Waals surface area contributed by atoms with Crippen molar-refractivity contribution in [3.8, 4) is 5.75 Å². The molecule has 0 aromatic heterocycles. The molecule has 26 heavy (non-hydrogen) atoms. The van der Waals surface area contributed by atoms with Crippen LogP contribution in [0.2, 0.25) is 0 Å². The highest BCUT2D eigenvalue weighted by atomic mass is 32.2. The van der Waals surface area contributed by atoms with Gasteiger partial charge < -0.3 is 14.4 Å². The quantitative estimate of drug-likeness (QED) is 0.604. The number of carbonyl (C=O) groups excluding carboxylic acids is 1. The van der Waals surface area contributed by atoms with E-state index in [4.69, 9.17) is 9.47 Å². The molecule has 1 aromatic carbocycles. The van der Waals surface area contributed by atoms with Crippen molar-refractivity contribution in [2.45, 2.75) is 31.1 Å². The number of esters is 1. The molecule has 0 atom stereocenters. The largest absolute Gasteiger partial charge is 0.497 e. The number of sulfonamides is 1. The van der Waals surface area contributed by atoms with Crippen molar-refractivity contribution < 1.29 is 22.7 Å². The number of benzene rings is 1. The van der Waals surface area contributed by atoms with Crippen LogP contribution in [0.5, 0.6) is 5.75 Å². The highest BCUT2D eigenvalue weighted by Gasteiger charge is 2.28. The molecule has 1 heterocycles. The second kappa shape index (κ2) is 9.89. The van der Waals surface area contributed by atoms with E-state index in [-0.39, 0.29) is 24.6 Å². The van der Waals surface area contributed by atoms with Gasteiger partial charge in [-0.25, -0.2) is 8.42 Å². The maximum atomic E-state index is 13.0. The van der Waals surface area contributed by atoms with Crippen molar-refractivity contribution in [2.24, 2.45) is 0 Å². The minimum Gasteiger partial charge on any atom is -0.497 e. The van der Waals surface area contributed by atoms with Crippen LogP contribution >= 0.6 is 0 Å². The lowest BCUT2D eigenvalue weighted by atomic mass is 10.1. The zero-order valence-electron chi connectivity index (χ0n) is 15.5. The van der Waals surface area contributed by atoms with Gasteiger partial charge in [0.2, 0.25) is 10.0 Å². The van der Waals surface area contributed by atoms with Gasteiger partial charge in [0.05, 0.1) is 18.6 Å². The molecule has 0 unspecified atom stereocenters. The topological polar surface area (TPSA) is 76.2 Å². The third-order valence-corrected chi connectivity index (χ3v) is 6.28. The maximum absolute atomic E-state index is 13.0. The number of ether oxygens (including phenoxy) is 2. The number of piperidine rings is 1. The molecule has 1 fully saturated rings. The summed E-state index contributed by atoms with van der Waals surface area (Å²) >= 11 is 0. The van der Waals surface area contributed by atoms with Crippen LogP contribution < -0.4 is 4.74 Å². The Morgan fingerprint density at radius 3 is 2.38 bits per heavy atom. The van der Waals surface area contributed by atoms with E-state index in [1.54, 1.807) is 19.1 Å². The first kappa shape index (κ1) is 20.7. The van der Waals surface area contributed by atoms with Gasteiger partial charge in [0.15, 0.2) is 0 Å². The molecule has 1 aliphatic rings. The highest BCUT2D eigenvalue weighted by Crippen LogP contribution is 2.20. The minimum absolute atomic E-state index is 0.140. The molecule has 146 valence electrons. The second-order valence-electron chi connectivity index (χ2n) is 6.22. The standard InChI is InChI=1S/C18H28N2O5S/c1-3-25-18(21)15-20(14-13-19-11-5-4-6-12-19)26(22,23)17-9-7-16(24-2)8-10-17/h7-10H,3-6,11-15H2,1-2H3. The van der Waals surface area contributed by atoms with Gasteiger partial charge in [0, 0.05) is 13.1 Å². The van der Waals surface area contributed by atoms with Crippen LogP contribution in [0.4, 0.5) is 0 Å². The van der Waals surface area contributed by atoms with Crippen molar-refractivity contribution in [1.82, 2.24) is 9.21 Å². The normalized spacial score (nSPS) is 15.8. The lowest BCUT2D eigenvalue weighted by Crippen LogP contribution is -2.43. The van der Waals surface area contributed by atoms with Crippen LogP contribution in [0.3, 0.4) is 0 Å². The molecular formula is C18H28N2O5S. The van der Waals surface area contributed by atoms with E-state index in [1.807, 2.05) is 0 Å². The number of methoxy groups -OCH3 is 1. The maximum Gasteiger partial charge on any atom is 0.321 e. The molecule has 7 nitrogen and oxygen atoms in total. The first-order chi connectivity index (χ1) is 12.5. The number of hydrogen-bond acceptors (Lipinski definition) is 6. The fraction of sp³-hybridized carbons (Fsp3) is 0.611. The molecular weight excluding hydrogens is 356 g/mol. The zero-order chi connectivity index (χ0) is 19.0. The van der Waals surface area contributed by atoms with E-state index < -0.39 is 16.0 Å². The van der Waals surface area contributed by atoms with Crippen molar-refractivity contribution >= 4 is 16.0 Å². The summed E-state index contributed by atoms with van der Waals surface area (Å²) in [5.41, 5.74) is 0. The Bertz CT molecular complexity index is 669. The zero-order valence-corrected chi connectivity index (χ0v) is 16.3. The molecule has 1 aromatic rings. The van der Waals surface area contributed by atoms with Crippen molar-refractivity contribution in [3.05, 3.63) is 24.3 Å². The van der Waals surface area contributed by atoms with Gasteiger partial charge >= 0.3 is 5.97 Å². The Hall–Kier alpha value is -1.64. The molecule has 0 amide bonds. The minimum atomic E-state index is -3.79. The molecule has 0 aliphatic carbocycles. The Labute approximate surface area is 155 Å². The lowest BCUT2D eigenvalue weighted by molar-refractivity contribution is -0.143. The Morgan fingerprint density at radius 1 is 1.15 bits per heavy atom. The van der Waals surface area contributed by atoms with Crippen LogP contribution in [0.15, 0.2) is 29.2 Å². The third-order valence-electron chi connectivity index (χ3n) is 4.42.